The summed E-state index contributed by atoms with van der Waals surface area (Å²) < 4.78 is 107. The highest BCUT2D eigenvalue weighted by Crippen LogP contribution is 2.47. The Hall–Kier alpha value is -2.65. The van der Waals surface area contributed by atoms with Gasteiger partial charge in [-0.1, -0.05) is 42.5 Å². The second-order valence-corrected chi connectivity index (χ2v) is 5.39. The molecule has 2 aromatic carbocycles. The molecule has 0 amide bonds. The van der Waals surface area contributed by atoms with E-state index in [1.54, 1.807) is 0 Å². The van der Waals surface area contributed by atoms with E-state index < -0.39 is 35.9 Å². The lowest BCUT2D eigenvalue weighted by Crippen LogP contribution is -2.56. The highest BCUT2D eigenvalue weighted by Gasteiger charge is 2.77. The van der Waals surface area contributed by atoms with Crippen LogP contribution in [0.2, 0.25) is 0 Å². The van der Waals surface area contributed by atoms with Crippen molar-refractivity contribution in [3.8, 4) is 0 Å². The van der Waals surface area contributed by atoms with Crippen molar-refractivity contribution < 1.29 is 44.7 Å². The minimum absolute atomic E-state index is 0.00332. The number of hydrogen-bond acceptors (Lipinski definition) is 2. The minimum atomic E-state index is -6.67. The van der Waals surface area contributed by atoms with Crippen LogP contribution in [0.4, 0.5) is 35.1 Å². The second-order valence-electron chi connectivity index (χ2n) is 5.39. The molecule has 1 unspecified atom stereocenters. The first kappa shape index (κ1) is 20.7. The quantitative estimate of drug-likeness (QED) is 0.505. The molecule has 146 valence electrons. The third-order valence-corrected chi connectivity index (χ3v) is 3.51. The van der Waals surface area contributed by atoms with Gasteiger partial charge in [0, 0.05) is 0 Å². The summed E-state index contributed by atoms with van der Waals surface area (Å²) in [6.45, 7) is 0. The van der Waals surface area contributed by atoms with Gasteiger partial charge in [0.1, 0.15) is 5.82 Å². The van der Waals surface area contributed by atoms with Crippen molar-refractivity contribution in [2.24, 2.45) is 0 Å². The van der Waals surface area contributed by atoms with E-state index in [1.807, 2.05) is 0 Å². The number of ether oxygens (including phenoxy) is 1. The Balaban J connectivity index is 2.41. The van der Waals surface area contributed by atoms with Gasteiger partial charge in [-0.05, 0) is 23.3 Å². The van der Waals surface area contributed by atoms with Gasteiger partial charge in [0.05, 0.1) is 0 Å². The van der Waals surface area contributed by atoms with E-state index in [0.29, 0.717) is 0 Å². The van der Waals surface area contributed by atoms with E-state index in [-0.39, 0.29) is 11.1 Å². The minimum Gasteiger partial charge on any atom is -0.448 e. The summed E-state index contributed by atoms with van der Waals surface area (Å²) in [4.78, 5) is 11.6. The standard InChI is InChI=1S/C17H10F8O2/c18-12-8-6-11(7-9-12)13(10-4-2-1-3-5-10)27-14(26)15(19,20)16(21,22)17(23,24)25/h1-9,13H. The number of rotatable bonds is 5. The predicted molar refractivity (Wildman–Crippen MR) is 76.7 cm³/mol. The Bertz CT molecular complexity index is 785. The molecular formula is C17H10F8O2. The third kappa shape index (κ3) is 4.04. The molecule has 0 saturated heterocycles. The molecule has 0 spiro atoms. The first-order chi connectivity index (χ1) is 12.4. The average Bonchev–Trinajstić information content (AvgIpc) is 2.60. The zero-order valence-corrected chi connectivity index (χ0v) is 13.1. The smallest absolute Gasteiger partial charge is 0.448 e. The maximum Gasteiger partial charge on any atom is 0.460 e. The Labute approximate surface area is 147 Å². The lowest BCUT2D eigenvalue weighted by atomic mass is 10.0. The molecule has 0 fully saturated rings. The first-order valence-corrected chi connectivity index (χ1v) is 7.22. The van der Waals surface area contributed by atoms with Gasteiger partial charge in [-0.15, -0.1) is 0 Å². The molecule has 1 atom stereocenters. The molecule has 2 nitrogen and oxygen atoms in total. The van der Waals surface area contributed by atoms with Crippen molar-refractivity contribution in [1.29, 1.82) is 0 Å². The molecular weight excluding hydrogens is 388 g/mol. The predicted octanol–water partition coefficient (Wildman–Crippen LogP) is 5.29. The lowest BCUT2D eigenvalue weighted by molar-refractivity contribution is -0.348. The van der Waals surface area contributed by atoms with Crippen molar-refractivity contribution >= 4 is 5.97 Å². The number of hydrogen-bond donors (Lipinski definition) is 0. The summed E-state index contributed by atoms with van der Waals surface area (Å²) in [6.07, 6.45) is -8.43. The molecule has 27 heavy (non-hydrogen) atoms. The van der Waals surface area contributed by atoms with Crippen LogP contribution in [0.1, 0.15) is 17.2 Å². The molecule has 0 aliphatic heterocycles. The number of carbonyl (C=O) groups excluding carboxylic acids is 1. The van der Waals surface area contributed by atoms with Crippen LogP contribution < -0.4 is 0 Å². The number of esters is 1. The normalized spacial score (nSPS) is 13.9. The van der Waals surface area contributed by atoms with Gasteiger partial charge in [0.15, 0.2) is 6.10 Å². The highest BCUT2D eigenvalue weighted by atomic mass is 19.4. The molecule has 10 heteroatoms. The van der Waals surface area contributed by atoms with E-state index in [0.717, 1.165) is 24.3 Å². The van der Waals surface area contributed by atoms with Crippen LogP contribution in [0.3, 0.4) is 0 Å². The van der Waals surface area contributed by atoms with E-state index >= 15 is 0 Å². The summed E-state index contributed by atoms with van der Waals surface area (Å²) in [5.74, 6) is -16.6. The van der Waals surface area contributed by atoms with Crippen molar-refractivity contribution in [3.63, 3.8) is 0 Å². The molecule has 0 aliphatic carbocycles. The van der Waals surface area contributed by atoms with Crippen molar-refractivity contribution in [2.45, 2.75) is 24.1 Å². The molecule has 0 saturated carbocycles. The summed E-state index contributed by atoms with van der Waals surface area (Å²) in [6, 6.07) is 10.6. The fourth-order valence-electron chi connectivity index (χ4n) is 2.08. The van der Waals surface area contributed by atoms with Gasteiger partial charge in [-0.2, -0.15) is 30.7 Å². The third-order valence-electron chi connectivity index (χ3n) is 3.51. The monoisotopic (exact) mass is 398 g/mol. The van der Waals surface area contributed by atoms with Gasteiger partial charge >= 0.3 is 24.0 Å². The molecule has 0 aliphatic rings. The van der Waals surface area contributed by atoms with E-state index in [4.69, 9.17) is 0 Å². The first-order valence-electron chi connectivity index (χ1n) is 7.22. The summed E-state index contributed by atoms with van der Waals surface area (Å²) >= 11 is 0. The van der Waals surface area contributed by atoms with Crippen LogP contribution in [0.15, 0.2) is 54.6 Å². The Kier molecular flexibility index (Phi) is 5.48. The SMILES string of the molecule is O=C(OC(c1ccccc1)c1ccc(F)cc1)C(F)(F)C(F)(F)C(F)(F)F. The molecule has 0 radical (unpaired) electrons. The number of carbonyl (C=O) groups is 1. The average molecular weight is 398 g/mol. The Morgan fingerprint density at radius 3 is 1.74 bits per heavy atom. The number of benzene rings is 2. The molecule has 0 heterocycles. The molecule has 2 aromatic rings. The Morgan fingerprint density at radius 2 is 1.26 bits per heavy atom. The van der Waals surface area contributed by atoms with Gasteiger partial charge in [-0.25, -0.2) is 9.18 Å². The molecule has 0 N–H and O–H groups in total. The molecule has 0 aromatic heterocycles. The maximum absolute atomic E-state index is 13.5. The van der Waals surface area contributed by atoms with Gasteiger partial charge < -0.3 is 4.74 Å². The van der Waals surface area contributed by atoms with E-state index in [9.17, 15) is 39.9 Å². The van der Waals surface area contributed by atoms with Crippen LogP contribution in [-0.2, 0) is 9.53 Å². The molecule has 2 rings (SSSR count). The van der Waals surface area contributed by atoms with Crippen LogP contribution in [0, 0.1) is 5.82 Å². The van der Waals surface area contributed by atoms with Crippen LogP contribution >= 0.6 is 0 Å². The summed E-state index contributed by atoms with van der Waals surface area (Å²) in [5.41, 5.74) is -0.106. The van der Waals surface area contributed by atoms with Crippen molar-refractivity contribution in [2.75, 3.05) is 0 Å². The van der Waals surface area contributed by atoms with Crippen LogP contribution in [0.5, 0.6) is 0 Å². The summed E-state index contributed by atoms with van der Waals surface area (Å²) in [5, 5.41) is 0. The zero-order chi connectivity index (χ0) is 20.5. The largest absolute Gasteiger partial charge is 0.460 e. The highest BCUT2D eigenvalue weighted by molar-refractivity contribution is 5.79. The topological polar surface area (TPSA) is 26.3 Å². The van der Waals surface area contributed by atoms with Gasteiger partial charge in [0.25, 0.3) is 0 Å². The van der Waals surface area contributed by atoms with E-state index in [2.05, 4.69) is 4.74 Å². The maximum atomic E-state index is 13.5. The lowest BCUT2D eigenvalue weighted by Gasteiger charge is -2.28. The van der Waals surface area contributed by atoms with Gasteiger partial charge in [0.2, 0.25) is 0 Å². The molecule has 0 bridgehead atoms. The summed E-state index contributed by atoms with van der Waals surface area (Å²) in [7, 11) is 0. The second kappa shape index (κ2) is 7.16. The number of alkyl halides is 7. The fourth-order valence-corrected chi connectivity index (χ4v) is 2.08. The van der Waals surface area contributed by atoms with Crippen molar-refractivity contribution in [1.82, 2.24) is 0 Å². The van der Waals surface area contributed by atoms with Gasteiger partial charge in [-0.3, -0.25) is 0 Å². The van der Waals surface area contributed by atoms with Crippen LogP contribution in [0.25, 0.3) is 0 Å². The van der Waals surface area contributed by atoms with Crippen molar-refractivity contribution in [3.05, 3.63) is 71.5 Å². The Morgan fingerprint density at radius 1 is 0.778 bits per heavy atom. The van der Waals surface area contributed by atoms with Crippen LogP contribution in [-0.4, -0.2) is 24.0 Å². The number of halogens is 8. The van der Waals surface area contributed by atoms with E-state index in [1.165, 1.54) is 30.3 Å². The zero-order valence-electron chi connectivity index (χ0n) is 13.1. The fraction of sp³-hybridized carbons (Fsp3) is 0.235.